The van der Waals surface area contributed by atoms with E-state index in [0.717, 1.165) is 6.42 Å². The minimum atomic E-state index is -0.969. The first-order valence-corrected chi connectivity index (χ1v) is 5.12. The number of nitrogens with one attached hydrogen (secondary N) is 1. The molecule has 88 valence electrons. The first-order chi connectivity index (χ1) is 7.67. The molecule has 0 aromatic carbocycles. The van der Waals surface area contributed by atoms with Gasteiger partial charge in [-0.2, -0.15) is 0 Å². The second-order valence-corrected chi connectivity index (χ2v) is 3.44. The Bertz CT molecular complexity index is 338. The third kappa shape index (κ3) is 3.51. The summed E-state index contributed by atoms with van der Waals surface area (Å²) < 4.78 is 5.04. The van der Waals surface area contributed by atoms with Crippen molar-refractivity contribution in [1.29, 1.82) is 0 Å². The van der Waals surface area contributed by atoms with Crippen molar-refractivity contribution >= 4 is 11.8 Å². The highest BCUT2D eigenvalue weighted by molar-refractivity contribution is 5.87. The number of carboxylic acid groups (broad SMARTS) is 1. The van der Waals surface area contributed by atoms with Crippen molar-refractivity contribution in [3.63, 3.8) is 0 Å². The van der Waals surface area contributed by atoms with Gasteiger partial charge in [0.2, 0.25) is 0 Å². The highest BCUT2D eigenvalue weighted by Crippen LogP contribution is 2.08. The zero-order valence-corrected chi connectivity index (χ0v) is 9.43. The van der Waals surface area contributed by atoms with Crippen LogP contribution in [0.25, 0.3) is 0 Å². The summed E-state index contributed by atoms with van der Waals surface area (Å²) in [5, 5.41) is 11.9. The van der Waals surface area contributed by atoms with Gasteiger partial charge in [0.1, 0.15) is 5.82 Å². The third-order valence-corrected chi connectivity index (χ3v) is 2.22. The maximum Gasteiger partial charge on any atom is 0.337 e. The molecule has 1 unspecified atom stereocenters. The van der Waals surface area contributed by atoms with Crippen LogP contribution in [0.2, 0.25) is 0 Å². The Morgan fingerprint density at radius 3 is 2.81 bits per heavy atom. The minimum absolute atomic E-state index is 0.185. The molecule has 0 amide bonds. The highest BCUT2D eigenvalue weighted by atomic mass is 16.5. The minimum Gasteiger partial charge on any atom is -0.478 e. The summed E-state index contributed by atoms with van der Waals surface area (Å²) in [6, 6.07) is 3.37. The molecular formula is C11H16N2O3. The van der Waals surface area contributed by atoms with E-state index in [9.17, 15) is 4.79 Å². The maximum absolute atomic E-state index is 10.6. The zero-order chi connectivity index (χ0) is 12.0. The number of rotatable bonds is 6. The van der Waals surface area contributed by atoms with Crippen molar-refractivity contribution in [3.05, 3.63) is 23.9 Å². The van der Waals surface area contributed by atoms with Crippen molar-refractivity contribution in [1.82, 2.24) is 4.98 Å². The molecule has 1 rings (SSSR count). The Morgan fingerprint density at radius 2 is 2.38 bits per heavy atom. The summed E-state index contributed by atoms with van der Waals surface area (Å²) in [4.78, 5) is 14.6. The van der Waals surface area contributed by atoms with E-state index in [1.165, 1.54) is 12.3 Å². The molecule has 1 aromatic heterocycles. The van der Waals surface area contributed by atoms with E-state index in [1.54, 1.807) is 13.2 Å². The molecule has 0 saturated carbocycles. The standard InChI is InChI=1S/C11H16N2O3/c1-3-9(7-16-2)13-10-5-4-8(6-12-10)11(14)15/h4-6,9H,3,7H2,1-2H3,(H,12,13)(H,14,15). The van der Waals surface area contributed by atoms with Crippen LogP contribution in [0.1, 0.15) is 23.7 Å². The number of aromatic nitrogens is 1. The second kappa shape index (κ2) is 6.07. The average Bonchev–Trinajstić information content (AvgIpc) is 2.29. The summed E-state index contributed by atoms with van der Waals surface area (Å²) in [6.07, 6.45) is 2.25. The van der Waals surface area contributed by atoms with Crippen LogP contribution in [0, 0.1) is 0 Å². The van der Waals surface area contributed by atoms with E-state index >= 15 is 0 Å². The third-order valence-electron chi connectivity index (χ3n) is 2.22. The van der Waals surface area contributed by atoms with Crippen molar-refractivity contribution in [2.45, 2.75) is 19.4 Å². The van der Waals surface area contributed by atoms with E-state index in [-0.39, 0.29) is 11.6 Å². The van der Waals surface area contributed by atoms with Gasteiger partial charge in [0.15, 0.2) is 0 Å². The molecule has 0 fully saturated rings. The fourth-order valence-corrected chi connectivity index (χ4v) is 1.28. The molecule has 0 bridgehead atoms. The van der Waals surface area contributed by atoms with E-state index < -0.39 is 5.97 Å². The van der Waals surface area contributed by atoms with Crippen LogP contribution in [-0.4, -0.2) is 35.8 Å². The van der Waals surface area contributed by atoms with Crippen LogP contribution in [0.5, 0.6) is 0 Å². The molecule has 1 atom stereocenters. The number of carbonyl (C=O) groups is 1. The molecule has 0 aliphatic heterocycles. The Morgan fingerprint density at radius 1 is 1.62 bits per heavy atom. The SMILES string of the molecule is CCC(COC)Nc1ccc(C(=O)O)cn1. The molecular weight excluding hydrogens is 208 g/mol. The van der Waals surface area contributed by atoms with Gasteiger partial charge in [-0.15, -0.1) is 0 Å². The fourth-order valence-electron chi connectivity index (χ4n) is 1.28. The number of pyridine rings is 1. The van der Waals surface area contributed by atoms with Crippen LogP contribution in [0.15, 0.2) is 18.3 Å². The van der Waals surface area contributed by atoms with Gasteiger partial charge in [0, 0.05) is 13.3 Å². The predicted molar refractivity (Wildman–Crippen MR) is 60.8 cm³/mol. The molecule has 0 spiro atoms. The number of ether oxygens (including phenoxy) is 1. The first-order valence-electron chi connectivity index (χ1n) is 5.12. The number of aromatic carboxylic acids is 1. The molecule has 1 heterocycles. The van der Waals surface area contributed by atoms with Crippen molar-refractivity contribution in [2.75, 3.05) is 19.0 Å². The maximum atomic E-state index is 10.6. The first kappa shape index (κ1) is 12.4. The van der Waals surface area contributed by atoms with Gasteiger partial charge in [-0.05, 0) is 18.6 Å². The highest BCUT2D eigenvalue weighted by Gasteiger charge is 2.07. The lowest BCUT2D eigenvalue weighted by Gasteiger charge is -2.16. The molecule has 0 radical (unpaired) electrons. The number of hydrogen-bond acceptors (Lipinski definition) is 4. The summed E-state index contributed by atoms with van der Waals surface area (Å²) in [6.45, 7) is 2.64. The lowest BCUT2D eigenvalue weighted by Crippen LogP contribution is -2.24. The van der Waals surface area contributed by atoms with Crippen LogP contribution < -0.4 is 5.32 Å². The summed E-state index contributed by atoms with van der Waals surface area (Å²) in [5.74, 6) is -0.308. The van der Waals surface area contributed by atoms with Gasteiger partial charge in [0.05, 0.1) is 18.2 Å². The van der Waals surface area contributed by atoms with E-state index in [1.807, 2.05) is 6.92 Å². The number of hydrogen-bond donors (Lipinski definition) is 2. The molecule has 16 heavy (non-hydrogen) atoms. The number of carboxylic acids is 1. The van der Waals surface area contributed by atoms with Crippen molar-refractivity contribution in [3.8, 4) is 0 Å². The molecule has 1 aromatic rings. The Labute approximate surface area is 94.5 Å². The lowest BCUT2D eigenvalue weighted by atomic mass is 10.2. The van der Waals surface area contributed by atoms with Gasteiger partial charge < -0.3 is 15.2 Å². The number of nitrogens with zero attached hydrogens (tertiary/aromatic N) is 1. The van der Waals surface area contributed by atoms with Gasteiger partial charge in [0.25, 0.3) is 0 Å². The van der Waals surface area contributed by atoms with E-state index in [4.69, 9.17) is 9.84 Å². The molecule has 2 N–H and O–H groups in total. The van der Waals surface area contributed by atoms with Gasteiger partial charge >= 0.3 is 5.97 Å². The topological polar surface area (TPSA) is 71.5 Å². The van der Waals surface area contributed by atoms with Crippen LogP contribution in [-0.2, 0) is 4.74 Å². The largest absolute Gasteiger partial charge is 0.478 e. The zero-order valence-electron chi connectivity index (χ0n) is 9.43. The number of anilines is 1. The van der Waals surface area contributed by atoms with Gasteiger partial charge in [-0.1, -0.05) is 6.92 Å². The Kier molecular flexibility index (Phi) is 4.72. The molecule has 0 aliphatic carbocycles. The van der Waals surface area contributed by atoms with Crippen LogP contribution in [0.3, 0.4) is 0 Å². The van der Waals surface area contributed by atoms with Crippen LogP contribution in [0.4, 0.5) is 5.82 Å². The molecule has 5 nitrogen and oxygen atoms in total. The Balaban J connectivity index is 2.63. The summed E-state index contributed by atoms with van der Waals surface area (Å²) in [7, 11) is 1.64. The predicted octanol–water partition coefficient (Wildman–Crippen LogP) is 1.62. The van der Waals surface area contributed by atoms with Gasteiger partial charge in [-0.3, -0.25) is 0 Å². The monoisotopic (exact) mass is 224 g/mol. The second-order valence-electron chi connectivity index (χ2n) is 3.44. The molecule has 0 aliphatic rings. The van der Waals surface area contributed by atoms with Crippen molar-refractivity contribution in [2.24, 2.45) is 0 Å². The molecule has 5 heteroatoms. The summed E-state index contributed by atoms with van der Waals surface area (Å²) >= 11 is 0. The lowest BCUT2D eigenvalue weighted by molar-refractivity contribution is 0.0696. The Hall–Kier alpha value is -1.62. The normalized spacial score (nSPS) is 12.1. The van der Waals surface area contributed by atoms with Crippen LogP contribution >= 0.6 is 0 Å². The van der Waals surface area contributed by atoms with E-state index in [0.29, 0.717) is 12.4 Å². The smallest absolute Gasteiger partial charge is 0.337 e. The summed E-state index contributed by atoms with van der Waals surface area (Å²) in [5.41, 5.74) is 0.185. The van der Waals surface area contributed by atoms with Gasteiger partial charge in [-0.25, -0.2) is 9.78 Å². The quantitative estimate of drug-likeness (QED) is 0.768. The number of methoxy groups -OCH3 is 1. The fraction of sp³-hybridized carbons (Fsp3) is 0.455. The average molecular weight is 224 g/mol. The van der Waals surface area contributed by atoms with Crippen molar-refractivity contribution < 1.29 is 14.6 Å². The van der Waals surface area contributed by atoms with E-state index in [2.05, 4.69) is 10.3 Å². The molecule has 0 saturated heterocycles.